The van der Waals surface area contributed by atoms with Crippen molar-refractivity contribution in [3.05, 3.63) is 0 Å². The molecule has 0 aliphatic heterocycles. The van der Waals surface area contributed by atoms with Crippen LogP contribution >= 0.6 is 0 Å². The second-order valence-corrected chi connectivity index (χ2v) is 5.05. The lowest BCUT2D eigenvalue weighted by Gasteiger charge is -2.20. The number of halogens is 3. The molecule has 1 aliphatic rings. The number of hydrogen-bond donors (Lipinski definition) is 1. The van der Waals surface area contributed by atoms with Gasteiger partial charge in [0.05, 0.1) is 6.10 Å². The van der Waals surface area contributed by atoms with Crippen molar-refractivity contribution in [3.8, 4) is 0 Å². The van der Waals surface area contributed by atoms with Crippen LogP contribution in [0.5, 0.6) is 0 Å². The summed E-state index contributed by atoms with van der Waals surface area (Å²) in [5, 5.41) is 0. The van der Waals surface area contributed by atoms with E-state index in [4.69, 9.17) is 17.7 Å². The summed E-state index contributed by atoms with van der Waals surface area (Å²) in [6.45, 7) is 2.97. The van der Waals surface area contributed by atoms with Gasteiger partial charge in [-0.3, -0.25) is 4.55 Å². The van der Waals surface area contributed by atoms with Crippen LogP contribution in [0.4, 0.5) is 13.2 Å². The Kier molecular flexibility index (Phi) is 7.03. The third kappa shape index (κ3) is 7.56. The summed E-state index contributed by atoms with van der Waals surface area (Å²) in [7, 11) is -5.84. The van der Waals surface area contributed by atoms with Gasteiger partial charge in [0.15, 0.2) is 0 Å². The first kappa shape index (κ1) is 16.7. The molecule has 104 valence electrons. The van der Waals surface area contributed by atoms with Gasteiger partial charge < -0.3 is 4.74 Å². The number of rotatable bonds is 2. The minimum absolute atomic E-state index is 0.601. The number of ether oxygens (including phenoxy) is 1. The maximum absolute atomic E-state index is 10.7. The fourth-order valence-corrected chi connectivity index (χ4v) is 1.47. The Labute approximate surface area is 98.9 Å². The SMILES string of the molecule is CCOC1CCCCC1.O=S(=O)(O)C(F)(F)F. The van der Waals surface area contributed by atoms with Crippen LogP contribution in [0.25, 0.3) is 0 Å². The van der Waals surface area contributed by atoms with Crippen LogP contribution in [0.3, 0.4) is 0 Å². The largest absolute Gasteiger partial charge is 0.522 e. The van der Waals surface area contributed by atoms with E-state index in [1.807, 2.05) is 0 Å². The van der Waals surface area contributed by atoms with Crippen molar-refractivity contribution in [1.82, 2.24) is 0 Å². The van der Waals surface area contributed by atoms with E-state index in [2.05, 4.69) is 6.92 Å². The van der Waals surface area contributed by atoms with E-state index in [-0.39, 0.29) is 0 Å². The van der Waals surface area contributed by atoms with Gasteiger partial charge in [-0.1, -0.05) is 19.3 Å². The van der Waals surface area contributed by atoms with Gasteiger partial charge in [0, 0.05) is 6.61 Å². The smallest absolute Gasteiger partial charge is 0.379 e. The van der Waals surface area contributed by atoms with Crippen LogP contribution in [0, 0.1) is 0 Å². The molecule has 0 heterocycles. The third-order valence-electron chi connectivity index (χ3n) is 2.25. The zero-order valence-electron chi connectivity index (χ0n) is 9.53. The second kappa shape index (κ2) is 7.17. The molecule has 0 atom stereocenters. The minimum Gasteiger partial charge on any atom is -0.379 e. The third-order valence-corrected chi connectivity index (χ3v) is 2.83. The van der Waals surface area contributed by atoms with Gasteiger partial charge in [0.1, 0.15) is 0 Å². The lowest BCUT2D eigenvalue weighted by Crippen LogP contribution is -2.21. The lowest BCUT2D eigenvalue weighted by molar-refractivity contribution is -0.0510. The maximum atomic E-state index is 10.7. The van der Waals surface area contributed by atoms with Crippen LogP contribution in [0.1, 0.15) is 39.0 Å². The highest BCUT2D eigenvalue weighted by Gasteiger charge is 2.44. The molecule has 0 bridgehead atoms. The monoisotopic (exact) mass is 278 g/mol. The topological polar surface area (TPSA) is 63.6 Å². The van der Waals surface area contributed by atoms with Crippen molar-refractivity contribution in [2.75, 3.05) is 6.61 Å². The molecule has 1 rings (SSSR count). The molecule has 0 aromatic heterocycles. The molecule has 0 radical (unpaired) electrons. The van der Waals surface area contributed by atoms with Crippen molar-refractivity contribution in [2.45, 2.75) is 50.6 Å². The van der Waals surface area contributed by atoms with Crippen LogP contribution in [0.2, 0.25) is 0 Å². The summed E-state index contributed by atoms with van der Waals surface area (Å²) >= 11 is 0. The Balaban J connectivity index is 0.000000304. The average molecular weight is 278 g/mol. The summed E-state index contributed by atoms with van der Waals surface area (Å²) in [6, 6.07) is 0. The van der Waals surface area contributed by atoms with Crippen LogP contribution in [0.15, 0.2) is 0 Å². The van der Waals surface area contributed by atoms with E-state index in [0.29, 0.717) is 6.10 Å². The molecular weight excluding hydrogens is 261 g/mol. The van der Waals surface area contributed by atoms with Crippen LogP contribution in [-0.2, 0) is 14.9 Å². The van der Waals surface area contributed by atoms with Gasteiger partial charge in [-0.05, 0) is 19.8 Å². The zero-order valence-corrected chi connectivity index (χ0v) is 10.4. The highest BCUT2D eigenvalue weighted by molar-refractivity contribution is 7.86. The van der Waals surface area contributed by atoms with Gasteiger partial charge >= 0.3 is 15.6 Å². The Bertz CT molecular complexity index is 291. The number of alkyl halides is 3. The molecule has 0 spiro atoms. The Morgan fingerprint density at radius 1 is 1.24 bits per heavy atom. The highest BCUT2D eigenvalue weighted by atomic mass is 32.2. The van der Waals surface area contributed by atoms with E-state index >= 15 is 0 Å². The average Bonchev–Trinajstić information content (AvgIpc) is 2.17. The molecular formula is C9H17F3O4S. The highest BCUT2D eigenvalue weighted by Crippen LogP contribution is 2.20. The fraction of sp³-hybridized carbons (Fsp3) is 1.00. The predicted molar refractivity (Wildman–Crippen MR) is 56.1 cm³/mol. The van der Waals surface area contributed by atoms with Gasteiger partial charge in [0.25, 0.3) is 0 Å². The molecule has 1 aliphatic carbocycles. The zero-order chi connectivity index (χ0) is 13.5. The van der Waals surface area contributed by atoms with Gasteiger partial charge in [-0.15, -0.1) is 0 Å². The summed E-state index contributed by atoms with van der Waals surface area (Å²) in [5.41, 5.74) is -5.53. The minimum atomic E-state index is -5.84. The first-order valence-electron chi connectivity index (χ1n) is 5.33. The summed E-state index contributed by atoms with van der Waals surface area (Å²) < 4.78 is 63.0. The van der Waals surface area contributed by atoms with Crippen molar-refractivity contribution in [1.29, 1.82) is 0 Å². The normalized spacial score (nSPS) is 18.4. The first-order chi connectivity index (χ1) is 7.68. The standard InChI is InChI=1S/C8H16O.CHF3O3S/c1-2-9-8-6-4-3-5-7-8;2-1(3,4)8(5,6)7/h8H,2-7H2,1H3;(H,5,6,7). The van der Waals surface area contributed by atoms with E-state index in [1.165, 1.54) is 32.1 Å². The predicted octanol–water partition coefficient (Wildman–Crippen LogP) is 2.75. The summed E-state index contributed by atoms with van der Waals surface area (Å²) in [5.74, 6) is 0. The Morgan fingerprint density at radius 2 is 1.65 bits per heavy atom. The quantitative estimate of drug-likeness (QED) is 0.623. The molecule has 0 amide bonds. The van der Waals surface area contributed by atoms with Crippen molar-refractivity contribution in [2.24, 2.45) is 0 Å². The first-order valence-corrected chi connectivity index (χ1v) is 6.78. The molecule has 4 nitrogen and oxygen atoms in total. The lowest BCUT2D eigenvalue weighted by atomic mass is 9.98. The van der Waals surface area contributed by atoms with E-state index in [0.717, 1.165) is 6.61 Å². The molecule has 17 heavy (non-hydrogen) atoms. The summed E-state index contributed by atoms with van der Waals surface area (Å²) in [4.78, 5) is 0. The van der Waals surface area contributed by atoms with Crippen molar-refractivity contribution < 1.29 is 30.9 Å². The summed E-state index contributed by atoms with van der Waals surface area (Å²) in [6.07, 6.45) is 7.38. The molecule has 0 aromatic carbocycles. The molecule has 1 N–H and O–H groups in total. The number of hydrogen-bond acceptors (Lipinski definition) is 3. The van der Waals surface area contributed by atoms with Crippen molar-refractivity contribution in [3.63, 3.8) is 0 Å². The fourth-order valence-electron chi connectivity index (χ4n) is 1.47. The van der Waals surface area contributed by atoms with Crippen molar-refractivity contribution >= 4 is 10.1 Å². The molecule has 1 fully saturated rings. The molecule has 0 saturated heterocycles. The Morgan fingerprint density at radius 3 is 1.94 bits per heavy atom. The van der Waals surface area contributed by atoms with Crippen LogP contribution in [-0.4, -0.2) is 31.2 Å². The molecule has 1 saturated carbocycles. The Hall–Kier alpha value is -0.340. The van der Waals surface area contributed by atoms with E-state index < -0.39 is 15.6 Å². The van der Waals surface area contributed by atoms with Gasteiger partial charge in [-0.25, -0.2) is 0 Å². The molecule has 0 aromatic rings. The van der Waals surface area contributed by atoms with E-state index in [1.54, 1.807) is 0 Å². The molecule has 0 unspecified atom stereocenters. The van der Waals surface area contributed by atoms with Crippen LogP contribution < -0.4 is 0 Å². The van der Waals surface area contributed by atoms with Gasteiger partial charge in [0.2, 0.25) is 0 Å². The maximum Gasteiger partial charge on any atom is 0.522 e. The van der Waals surface area contributed by atoms with E-state index in [9.17, 15) is 13.2 Å². The molecule has 8 heteroatoms. The van der Waals surface area contributed by atoms with Gasteiger partial charge in [-0.2, -0.15) is 21.6 Å². The second-order valence-electron chi connectivity index (χ2n) is 3.64.